The molecule has 2 aromatic heterocycles. The van der Waals surface area contributed by atoms with Crippen LogP contribution < -0.4 is 10.6 Å². The van der Waals surface area contributed by atoms with Crippen molar-refractivity contribution in [2.45, 2.75) is 37.8 Å². The van der Waals surface area contributed by atoms with Gasteiger partial charge < -0.3 is 15.1 Å². The molecule has 0 saturated heterocycles. The van der Waals surface area contributed by atoms with Crippen LogP contribution in [0.4, 0.5) is 0 Å². The first-order valence-corrected chi connectivity index (χ1v) is 12.0. The molecule has 2 N–H and O–H groups in total. The van der Waals surface area contributed by atoms with Gasteiger partial charge in [0.25, 0.3) is 5.91 Å². The molecule has 2 amide bonds. The average Bonchev–Trinajstić information content (AvgIpc) is 3.36. The monoisotopic (exact) mass is 509 g/mol. The number of nitrogens with zero attached hydrogens (tertiary/aromatic N) is 3. The maximum absolute atomic E-state index is 12.7. The Balaban J connectivity index is 1.13. The van der Waals surface area contributed by atoms with Gasteiger partial charge >= 0.3 is 11.8 Å². The number of fused-ring (bicyclic) bond motifs is 1. The Hall–Kier alpha value is -3.49. The maximum Gasteiger partial charge on any atom is 0.309 e. The van der Waals surface area contributed by atoms with E-state index in [-0.39, 0.29) is 29.8 Å². The number of halogens is 2. The highest BCUT2D eigenvalue weighted by molar-refractivity contribution is 6.31. The summed E-state index contributed by atoms with van der Waals surface area (Å²) >= 11 is 11.9. The van der Waals surface area contributed by atoms with E-state index in [2.05, 4.69) is 25.8 Å². The van der Waals surface area contributed by atoms with Crippen molar-refractivity contribution in [2.24, 2.45) is 0 Å². The standard InChI is InChI=1S/C25H21Cl2N5O3/c26-16-4-1-14(2-5-16)24-31-32-25(35-24)23(34)29-19-9-7-18(8-10-19)28-22(33)21-11-3-15-13-17(27)6-12-20(15)30-21/h1-6,11-13,18-19H,7-10H2,(H,28,33)(H,29,34)/t18-,19-. The molecule has 0 aliphatic heterocycles. The third-order valence-electron chi connectivity index (χ3n) is 5.99. The summed E-state index contributed by atoms with van der Waals surface area (Å²) in [5.41, 5.74) is 1.76. The van der Waals surface area contributed by atoms with E-state index in [0.29, 0.717) is 26.8 Å². The van der Waals surface area contributed by atoms with Gasteiger partial charge in [-0.05, 0) is 74.2 Å². The largest absolute Gasteiger partial charge is 0.412 e. The van der Waals surface area contributed by atoms with Gasteiger partial charge in [-0.2, -0.15) is 0 Å². The lowest BCUT2D eigenvalue weighted by molar-refractivity contribution is 0.0869. The molecule has 0 spiro atoms. The fourth-order valence-electron chi connectivity index (χ4n) is 4.14. The minimum Gasteiger partial charge on any atom is -0.412 e. The number of aromatic nitrogens is 3. The topological polar surface area (TPSA) is 110 Å². The van der Waals surface area contributed by atoms with Crippen molar-refractivity contribution in [3.63, 3.8) is 0 Å². The summed E-state index contributed by atoms with van der Waals surface area (Å²) in [5, 5.41) is 15.9. The van der Waals surface area contributed by atoms with Gasteiger partial charge in [0.2, 0.25) is 5.89 Å². The molecule has 5 rings (SSSR count). The first kappa shape index (κ1) is 23.3. The fourth-order valence-corrected chi connectivity index (χ4v) is 4.44. The van der Waals surface area contributed by atoms with E-state index < -0.39 is 5.91 Å². The van der Waals surface area contributed by atoms with Crippen molar-refractivity contribution < 1.29 is 14.0 Å². The highest BCUT2D eigenvalue weighted by Crippen LogP contribution is 2.23. The zero-order chi connectivity index (χ0) is 24.4. The Morgan fingerprint density at radius 2 is 1.46 bits per heavy atom. The molecular weight excluding hydrogens is 489 g/mol. The van der Waals surface area contributed by atoms with E-state index in [1.54, 1.807) is 42.5 Å². The first-order chi connectivity index (χ1) is 16.9. The minimum atomic E-state index is -0.411. The van der Waals surface area contributed by atoms with Gasteiger partial charge in [-0.25, -0.2) is 4.98 Å². The van der Waals surface area contributed by atoms with Crippen molar-refractivity contribution in [2.75, 3.05) is 0 Å². The molecule has 1 saturated carbocycles. The van der Waals surface area contributed by atoms with Gasteiger partial charge in [-0.1, -0.05) is 29.3 Å². The smallest absolute Gasteiger partial charge is 0.309 e. The lowest BCUT2D eigenvalue weighted by Crippen LogP contribution is -2.44. The van der Waals surface area contributed by atoms with Gasteiger partial charge in [-0.15, -0.1) is 10.2 Å². The van der Waals surface area contributed by atoms with E-state index in [1.165, 1.54) is 0 Å². The van der Waals surface area contributed by atoms with Gasteiger partial charge in [0.1, 0.15) is 5.69 Å². The molecule has 10 heteroatoms. The Labute approximate surface area is 211 Å². The van der Waals surface area contributed by atoms with Crippen LogP contribution in [0.3, 0.4) is 0 Å². The average molecular weight is 510 g/mol. The number of amides is 2. The molecule has 0 atom stereocenters. The van der Waals surface area contributed by atoms with Gasteiger partial charge in [0.15, 0.2) is 0 Å². The molecular formula is C25H21Cl2N5O3. The molecule has 8 nitrogen and oxygen atoms in total. The summed E-state index contributed by atoms with van der Waals surface area (Å²) in [5.74, 6) is -0.460. The molecule has 35 heavy (non-hydrogen) atoms. The van der Waals surface area contributed by atoms with Crippen LogP contribution in [0.25, 0.3) is 22.4 Å². The number of hydrogen-bond donors (Lipinski definition) is 2. The second kappa shape index (κ2) is 10.0. The number of pyridine rings is 1. The fraction of sp³-hybridized carbons (Fsp3) is 0.240. The zero-order valence-corrected chi connectivity index (χ0v) is 20.0. The number of carbonyl (C=O) groups is 2. The molecule has 2 aromatic carbocycles. The minimum absolute atomic E-state index is 0.0123. The van der Waals surface area contributed by atoms with Crippen molar-refractivity contribution >= 4 is 45.9 Å². The van der Waals surface area contributed by atoms with E-state index in [1.807, 2.05) is 12.1 Å². The number of carbonyl (C=O) groups excluding carboxylic acids is 2. The van der Waals surface area contributed by atoms with Crippen LogP contribution >= 0.6 is 23.2 Å². The van der Waals surface area contributed by atoms with Gasteiger partial charge in [0.05, 0.1) is 5.52 Å². The number of nitrogens with one attached hydrogen (secondary N) is 2. The molecule has 4 aromatic rings. The van der Waals surface area contributed by atoms with Crippen LogP contribution in [-0.4, -0.2) is 39.1 Å². The van der Waals surface area contributed by atoms with Crippen molar-refractivity contribution in [1.82, 2.24) is 25.8 Å². The van der Waals surface area contributed by atoms with Crippen LogP contribution in [-0.2, 0) is 0 Å². The van der Waals surface area contributed by atoms with Gasteiger partial charge in [0, 0.05) is 33.1 Å². The number of hydrogen-bond acceptors (Lipinski definition) is 6. The van der Waals surface area contributed by atoms with Crippen molar-refractivity contribution in [3.05, 3.63) is 76.2 Å². The van der Waals surface area contributed by atoms with Crippen LogP contribution in [0, 0.1) is 0 Å². The summed E-state index contributed by atoms with van der Waals surface area (Å²) in [6, 6.07) is 15.8. The molecule has 0 unspecified atom stereocenters. The molecule has 178 valence electrons. The quantitative estimate of drug-likeness (QED) is 0.388. The number of benzene rings is 2. The molecule has 0 radical (unpaired) electrons. The second-order valence-corrected chi connectivity index (χ2v) is 9.32. The van der Waals surface area contributed by atoms with Crippen LogP contribution in [0.5, 0.6) is 0 Å². The highest BCUT2D eigenvalue weighted by atomic mass is 35.5. The van der Waals surface area contributed by atoms with Gasteiger partial charge in [-0.3, -0.25) is 9.59 Å². The second-order valence-electron chi connectivity index (χ2n) is 8.45. The highest BCUT2D eigenvalue weighted by Gasteiger charge is 2.26. The Kier molecular flexibility index (Phi) is 6.66. The van der Waals surface area contributed by atoms with Crippen molar-refractivity contribution in [3.8, 4) is 11.5 Å². The SMILES string of the molecule is O=C(N[C@H]1CC[C@H](NC(=O)c2nnc(-c3ccc(Cl)cc3)o2)CC1)c1ccc2cc(Cl)ccc2n1. The van der Waals surface area contributed by atoms with Crippen LogP contribution in [0.2, 0.25) is 10.0 Å². The summed E-state index contributed by atoms with van der Waals surface area (Å²) in [7, 11) is 0. The summed E-state index contributed by atoms with van der Waals surface area (Å²) in [6.45, 7) is 0. The maximum atomic E-state index is 12.7. The lowest BCUT2D eigenvalue weighted by Gasteiger charge is -2.29. The summed E-state index contributed by atoms with van der Waals surface area (Å²) in [6.07, 6.45) is 2.91. The predicted octanol–water partition coefficient (Wildman–Crippen LogP) is 5.06. The molecule has 2 heterocycles. The third kappa shape index (κ3) is 5.44. The summed E-state index contributed by atoms with van der Waals surface area (Å²) in [4.78, 5) is 29.7. The Bertz CT molecular complexity index is 1380. The van der Waals surface area contributed by atoms with Crippen LogP contribution in [0.1, 0.15) is 46.9 Å². The predicted molar refractivity (Wildman–Crippen MR) is 132 cm³/mol. The lowest BCUT2D eigenvalue weighted by atomic mass is 9.91. The van der Waals surface area contributed by atoms with E-state index in [9.17, 15) is 9.59 Å². The Morgan fingerprint density at radius 1 is 0.800 bits per heavy atom. The zero-order valence-electron chi connectivity index (χ0n) is 18.5. The normalized spacial score (nSPS) is 17.8. The van der Waals surface area contributed by atoms with Crippen molar-refractivity contribution in [1.29, 1.82) is 0 Å². The molecule has 1 aliphatic rings. The van der Waals surface area contributed by atoms with E-state index in [4.69, 9.17) is 27.6 Å². The third-order valence-corrected chi connectivity index (χ3v) is 6.48. The number of rotatable bonds is 5. The van der Waals surface area contributed by atoms with Crippen LogP contribution in [0.15, 0.2) is 59.0 Å². The van der Waals surface area contributed by atoms with E-state index in [0.717, 1.165) is 31.1 Å². The Morgan fingerprint density at radius 3 is 2.17 bits per heavy atom. The molecule has 1 fully saturated rings. The molecule has 1 aliphatic carbocycles. The molecule has 0 bridgehead atoms. The van der Waals surface area contributed by atoms with E-state index >= 15 is 0 Å². The first-order valence-electron chi connectivity index (χ1n) is 11.2. The summed E-state index contributed by atoms with van der Waals surface area (Å²) < 4.78 is 5.52.